The summed E-state index contributed by atoms with van der Waals surface area (Å²) in [5, 5.41) is 6.53. The predicted octanol–water partition coefficient (Wildman–Crippen LogP) is 0.243. The molecule has 0 unspecified atom stereocenters. The number of amidine groups is 1. The number of thioether (sulfide) groups is 1. The van der Waals surface area contributed by atoms with E-state index in [1.807, 2.05) is 0 Å². The van der Waals surface area contributed by atoms with Crippen molar-refractivity contribution in [2.45, 2.75) is 0 Å². The third kappa shape index (κ3) is 3.82. The Kier molecular flexibility index (Phi) is 1.26. The topological polar surface area (TPSA) is 49.9 Å². The first kappa shape index (κ1) is 3.03. The maximum absolute atomic E-state index is 6.52. The lowest BCUT2D eigenvalue weighted by Gasteiger charge is -1.78. The molecule has 3 N–H and O–H groups in total. The number of nitrogens with one attached hydrogen (secondary N) is 1. The summed E-state index contributed by atoms with van der Waals surface area (Å²) in [6, 6.07) is 0. The molecule has 0 rings (SSSR count). The molecule has 0 aromatic carbocycles. The van der Waals surface area contributed by atoms with Crippen molar-refractivity contribution in [1.82, 2.24) is 0 Å². The first-order valence-corrected chi connectivity index (χ1v) is 2.02. The molecule has 0 bridgehead atoms. The highest BCUT2D eigenvalue weighted by molar-refractivity contribution is 8.13. The van der Waals surface area contributed by atoms with Crippen molar-refractivity contribution in [3.63, 3.8) is 0 Å². The Morgan fingerprint density at radius 2 is 3.00 bits per heavy atom. The molecule has 0 aliphatic rings. The Labute approximate surface area is 36.7 Å². The van der Waals surface area contributed by atoms with Crippen LogP contribution in [0.15, 0.2) is 0 Å². The van der Waals surface area contributed by atoms with Gasteiger partial charge in [-0.15, -0.1) is 0 Å². The Morgan fingerprint density at radius 3 is 3.00 bits per heavy atom. The van der Waals surface area contributed by atoms with Crippen molar-refractivity contribution >= 4 is 16.9 Å². The molecule has 0 aromatic rings. The van der Waals surface area contributed by atoms with Gasteiger partial charge in [0.15, 0.2) is 5.17 Å². The molecular formula is C2H6N2S. The fraction of sp³-hybridized carbons (Fsp3) is 0.500. The predicted molar refractivity (Wildman–Crippen MR) is 25.4 cm³/mol. The van der Waals surface area contributed by atoms with Crippen LogP contribution in [0.25, 0.3) is 0 Å². The van der Waals surface area contributed by atoms with Crippen LogP contribution in [-0.4, -0.2) is 11.4 Å². The minimum absolute atomic E-state index is 0.0185. The molecule has 0 saturated heterocycles. The van der Waals surface area contributed by atoms with E-state index in [4.69, 9.17) is 12.5 Å². The summed E-state index contributed by atoms with van der Waals surface area (Å²) in [5.74, 6) is 0. The second kappa shape index (κ2) is 2.08. The Hall–Kier alpha value is -0.180. The van der Waals surface area contributed by atoms with Crippen LogP contribution >= 0.6 is 11.8 Å². The van der Waals surface area contributed by atoms with Crippen LogP contribution in [0.4, 0.5) is 0 Å². The molecule has 5 heavy (non-hydrogen) atoms. The van der Waals surface area contributed by atoms with E-state index in [9.17, 15) is 0 Å². The SMILES string of the molecule is [2H]CSC(=N)N. The minimum atomic E-state index is 0.0185. The highest BCUT2D eigenvalue weighted by Gasteiger charge is 1.71. The summed E-state index contributed by atoms with van der Waals surface area (Å²) in [5.41, 5.74) is 4.83. The number of hydrogen-bond donors (Lipinski definition) is 2. The normalized spacial score (nSPS) is 10.0. The standard InChI is InChI=1S/C2H6N2S/c1-5-2(3)4/h1H3,(H3,3,4)/i1D. The molecule has 0 saturated carbocycles. The number of nitrogens with two attached hydrogens (primary N) is 1. The third-order valence-electron chi connectivity index (χ3n) is 0.156. The second-order valence-electron chi connectivity index (χ2n) is 0.509. The Balaban J connectivity index is 2.83. The average Bonchev–Trinajstić information content (AvgIpc) is 1.35. The van der Waals surface area contributed by atoms with Gasteiger partial charge >= 0.3 is 0 Å². The van der Waals surface area contributed by atoms with Gasteiger partial charge in [0.1, 0.15) is 0 Å². The van der Waals surface area contributed by atoms with Gasteiger partial charge in [-0.2, -0.15) is 0 Å². The van der Waals surface area contributed by atoms with Crippen molar-refractivity contribution in [2.75, 3.05) is 6.23 Å². The van der Waals surface area contributed by atoms with Crippen LogP contribution in [0.1, 0.15) is 1.37 Å². The molecule has 0 spiro atoms. The van der Waals surface area contributed by atoms with Gasteiger partial charge in [0.2, 0.25) is 0 Å². The molecule has 0 amide bonds. The van der Waals surface area contributed by atoms with Crippen molar-refractivity contribution in [3.8, 4) is 0 Å². The molecular weight excluding hydrogens is 84.1 g/mol. The fourth-order valence-corrected chi connectivity index (χ4v) is 0. The first-order valence-electron chi connectivity index (χ1n) is 1.74. The Morgan fingerprint density at radius 1 is 2.40 bits per heavy atom. The monoisotopic (exact) mass is 91.0 g/mol. The van der Waals surface area contributed by atoms with Gasteiger partial charge in [-0.05, 0) is 6.23 Å². The van der Waals surface area contributed by atoms with Crippen LogP contribution in [-0.2, 0) is 0 Å². The largest absolute Gasteiger partial charge is 0.379 e. The van der Waals surface area contributed by atoms with Gasteiger partial charge in [0.05, 0.1) is 0 Å². The summed E-state index contributed by atoms with van der Waals surface area (Å²) in [7, 11) is 0. The van der Waals surface area contributed by atoms with E-state index >= 15 is 0 Å². The fourth-order valence-electron chi connectivity index (χ4n) is 0. The quantitative estimate of drug-likeness (QED) is 0.331. The van der Waals surface area contributed by atoms with E-state index in [-0.39, 0.29) is 11.4 Å². The lowest BCUT2D eigenvalue weighted by atomic mass is 11.4. The van der Waals surface area contributed by atoms with Gasteiger partial charge < -0.3 is 5.73 Å². The van der Waals surface area contributed by atoms with Gasteiger partial charge in [0.25, 0.3) is 0 Å². The van der Waals surface area contributed by atoms with Crippen LogP contribution < -0.4 is 5.73 Å². The smallest absolute Gasteiger partial charge is 0.150 e. The van der Waals surface area contributed by atoms with Crippen molar-refractivity contribution in [2.24, 2.45) is 5.73 Å². The first-order chi connectivity index (χ1) is 2.77. The van der Waals surface area contributed by atoms with Crippen LogP contribution in [0, 0.1) is 5.41 Å². The molecule has 0 radical (unpaired) electrons. The average molecular weight is 91.2 g/mol. The van der Waals surface area contributed by atoms with Crippen LogP contribution in [0.5, 0.6) is 0 Å². The summed E-state index contributed by atoms with van der Waals surface area (Å²) in [6.07, 6.45) is 0.148. The van der Waals surface area contributed by atoms with Crippen molar-refractivity contribution in [1.29, 1.82) is 5.41 Å². The molecule has 0 heterocycles. The zero-order valence-corrected chi connectivity index (χ0v) is 3.51. The Bertz CT molecular complexity index is 55.5. The van der Waals surface area contributed by atoms with Crippen molar-refractivity contribution < 1.29 is 1.37 Å². The van der Waals surface area contributed by atoms with E-state index in [1.165, 1.54) is 0 Å². The molecule has 0 aliphatic carbocycles. The lowest BCUT2D eigenvalue weighted by Crippen LogP contribution is -2.01. The minimum Gasteiger partial charge on any atom is -0.379 e. The lowest BCUT2D eigenvalue weighted by molar-refractivity contribution is 1.51. The molecule has 0 aliphatic heterocycles. The molecule has 30 valence electrons. The van der Waals surface area contributed by atoms with Crippen LogP contribution in [0.2, 0.25) is 0 Å². The maximum Gasteiger partial charge on any atom is 0.150 e. The van der Waals surface area contributed by atoms with Crippen molar-refractivity contribution in [3.05, 3.63) is 0 Å². The summed E-state index contributed by atoms with van der Waals surface area (Å²) < 4.78 is 6.48. The van der Waals surface area contributed by atoms with E-state index in [0.29, 0.717) is 0 Å². The van der Waals surface area contributed by atoms with E-state index in [2.05, 4.69) is 0 Å². The number of rotatable bonds is 0. The van der Waals surface area contributed by atoms with Gasteiger partial charge in [-0.3, -0.25) is 5.41 Å². The second-order valence-corrected chi connectivity index (χ2v) is 1.24. The van der Waals surface area contributed by atoms with Gasteiger partial charge in [0, 0.05) is 1.37 Å². The van der Waals surface area contributed by atoms with Gasteiger partial charge in [-0.1, -0.05) is 11.8 Å². The van der Waals surface area contributed by atoms with E-state index in [1.54, 1.807) is 0 Å². The summed E-state index contributed by atoms with van der Waals surface area (Å²) in [4.78, 5) is 0. The summed E-state index contributed by atoms with van der Waals surface area (Å²) in [6.45, 7) is 0. The summed E-state index contributed by atoms with van der Waals surface area (Å²) >= 11 is 1.01. The number of hydrogen-bond acceptors (Lipinski definition) is 2. The molecule has 0 aromatic heterocycles. The zero-order chi connectivity index (χ0) is 4.99. The maximum atomic E-state index is 6.52. The molecule has 2 nitrogen and oxygen atoms in total. The van der Waals surface area contributed by atoms with E-state index in [0.717, 1.165) is 11.8 Å². The highest BCUT2D eigenvalue weighted by atomic mass is 32.2. The highest BCUT2D eigenvalue weighted by Crippen LogP contribution is 1.83. The molecule has 0 fully saturated rings. The van der Waals surface area contributed by atoms with Gasteiger partial charge in [-0.25, -0.2) is 0 Å². The third-order valence-corrected chi connectivity index (χ3v) is 0.467. The van der Waals surface area contributed by atoms with E-state index < -0.39 is 0 Å². The molecule has 0 atom stereocenters. The molecule has 3 heteroatoms. The van der Waals surface area contributed by atoms with Crippen LogP contribution in [0.3, 0.4) is 0 Å². The zero-order valence-electron chi connectivity index (χ0n) is 3.69.